The van der Waals surface area contributed by atoms with Crippen LogP contribution in [0.4, 0.5) is 5.69 Å². The van der Waals surface area contributed by atoms with Crippen LogP contribution in [0, 0.1) is 6.92 Å². The number of rotatable bonds is 8. The van der Waals surface area contributed by atoms with Gasteiger partial charge in [0.2, 0.25) is 10.0 Å². The Labute approximate surface area is 184 Å². The summed E-state index contributed by atoms with van der Waals surface area (Å²) in [5.74, 6) is 1.06. The molecule has 1 fully saturated rings. The molecule has 1 saturated carbocycles. The molecule has 0 radical (unpaired) electrons. The molecule has 168 valence electrons. The first-order valence-corrected chi connectivity index (χ1v) is 12.3. The summed E-state index contributed by atoms with van der Waals surface area (Å²) < 4.78 is 37.1. The predicted octanol–water partition coefficient (Wildman–Crippen LogP) is 4.19. The van der Waals surface area contributed by atoms with Gasteiger partial charge in [0.1, 0.15) is 0 Å². The molecule has 2 aromatic carbocycles. The number of hydrogen-bond donors (Lipinski definition) is 2. The van der Waals surface area contributed by atoms with Crippen LogP contribution in [0.25, 0.3) is 0 Å². The molecule has 2 aromatic rings. The third kappa shape index (κ3) is 6.13. The zero-order valence-corrected chi connectivity index (χ0v) is 19.2. The molecule has 31 heavy (non-hydrogen) atoms. The molecular formula is C23H30N2O5S. The van der Waals surface area contributed by atoms with Gasteiger partial charge in [-0.15, -0.1) is 0 Å². The average Bonchev–Trinajstić information content (AvgIpc) is 3.22. The van der Waals surface area contributed by atoms with Crippen molar-refractivity contribution in [2.24, 2.45) is 0 Å². The molecule has 0 heterocycles. The number of sulfonamides is 1. The smallest absolute Gasteiger partial charge is 0.251 e. The Morgan fingerprint density at radius 3 is 2.45 bits per heavy atom. The summed E-state index contributed by atoms with van der Waals surface area (Å²) in [6, 6.07) is 10.3. The van der Waals surface area contributed by atoms with E-state index in [0.29, 0.717) is 22.7 Å². The molecule has 1 atom stereocenters. The Kier molecular flexibility index (Phi) is 7.10. The van der Waals surface area contributed by atoms with E-state index in [2.05, 4.69) is 10.0 Å². The normalized spacial score (nSPS) is 15.4. The highest BCUT2D eigenvalue weighted by molar-refractivity contribution is 7.92. The molecule has 1 unspecified atom stereocenters. The van der Waals surface area contributed by atoms with Crippen molar-refractivity contribution in [3.8, 4) is 11.5 Å². The Balaban J connectivity index is 1.72. The summed E-state index contributed by atoms with van der Waals surface area (Å²) in [6.07, 6.45) is 5.81. The number of ether oxygens (including phenoxy) is 2. The maximum Gasteiger partial charge on any atom is 0.251 e. The molecule has 3 rings (SSSR count). The van der Waals surface area contributed by atoms with Crippen molar-refractivity contribution >= 4 is 21.6 Å². The van der Waals surface area contributed by atoms with Crippen LogP contribution in [0.5, 0.6) is 11.5 Å². The highest BCUT2D eigenvalue weighted by Gasteiger charge is 2.20. The van der Waals surface area contributed by atoms with Gasteiger partial charge in [-0.1, -0.05) is 12.1 Å². The lowest BCUT2D eigenvalue weighted by Gasteiger charge is -2.19. The van der Waals surface area contributed by atoms with Gasteiger partial charge in [0.15, 0.2) is 11.5 Å². The number of aryl methyl sites for hydroxylation is 1. The van der Waals surface area contributed by atoms with E-state index in [9.17, 15) is 13.2 Å². The fourth-order valence-electron chi connectivity index (χ4n) is 3.67. The molecule has 0 bridgehead atoms. The number of amides is 1. The number of anilines is 1. The van der Waals surface area contributed by atoms with Crippen LogP contribution in [0.1, 0.15) is 60.1 Å². The zero-order chi connectivity index (χ0) is 22.6. The van der Waals surface area contributed by atoms with Crippen molar-refractivity contribution < 1.29 is 22.7 Å². The van der Waals surface area contributed by atoms with Gasteiger partial charge in [-0.3, -0.25) is 9.52 Å². The van der Waals surface area contributed by atoms with E-state index < -0.39 is 10.0 Å². The first-order chi connectivity index (χ1) is 14.7. The highest BCUT2D eigenvalue weighted by atomic mass is 32.2. The van der Waals surface area contributed by atoms with Crippen LogP contribution in [-0.4, -0.2) is 33.8 Å². The largest absolute Gasteiger partial charge is 0.493 e. The molecule has 7 nitrogen and oxygen atoms in total. The molecule has 1 amide bonds. The summed E-state index contributed by atoms with van der Waals surface area (Å²) >= 11 is 0. The first kappa shape index (κ1) is 22.9. The van der Waals surface area contributed by atoms with Crippen molar-refractivity contribution in [3.63, 3.8) is 0 Å². The molecule has 8 heteroatoms. The van der Waals surface area contributed by atoms with Gasteiger partial charge >= 0.3 is 0 Å². The molecule has 0 aromatic heterocycles. The Hall–Kier alpha value is -2.74. The van der Waals surface area contributed by atoms with Gasteiger partial charge in [0.25, 0.3) is 5.91 Å². The Morgan fingerprint density at radius 1 is 1.10 bits per heavy atom. The molecule has 0 aliphatic heterocycles. The standard InChI is InChI=1S/C23H30N2O5S/c1-15-9-10-18(13-20(15)25-31(4,27)28)23(26)24-16(2)17-11-12-21(22(14-17)29-3)30-19-7-5-6-8-19/h9-14,16,19,25H,5-8H2,1-4H3,(H,24,26). The molecule has 1 aliphatic rings. The predicted molar refractivity (Wildman–Crippen MR) is 121 cm³/mol. The van der Waals surface area contributed by atoms with E-state index in [-0.39, 0.29) is 18.1 Å². The van der Waals surface area contributed by atoms with E-state index in [1.165, 1.54) is 18.9 Å². The third-order valence-corrected chi connectivity index (χ3v) is 6.02. The van der Waals surface area contributed by atoms with Gasteiger partial charge in [-0.25, -0.2) is 8.42 Å². The fraction of sp³-hybridized carbons (Fsp3) is 0.435. The van der Waals surface area contributed by atoms with Crippen molar-refractivity contribution in [2.75, 3.05) is 18.1 Å². The van der Waals surface area contributed by atoms with E-state index in [0.717, 1.165) is 30.2 Å². The summed E-state index contributed by atoms with van der Waals surface area (Å²) in [4.78, 5) is 12.8. The SMILES string of the molecule is COc1cc(C(C)NC(=O)c2ccc(C)c(NS(C)(=O)=O)c2)ccc1OC1CCCC1. The van der Waals surface area contributed by atoms with Gasteiger partial charge < -0.3 is 14.8 Å². The number of nitrogens with one attached hydrogen (secondary N) is 2. The maximum atomic E-state index is 12.8. The minimum Gasteiger partial charge on any atom is -0.493 e. The maximum absolute atomic E-state index is 12.8. The number of carbonyl (C=O) groups is 1. The van der Waals surface area contributed by atoms with Crippen LogP contribution in [0.15, 0.2) is 36.4 Å². The third-order valence-electron chi connectivity index (χ3n) is 5.43. The van der Waals surface area contributed by atoms with Crippen LogP contribution in [0.2, 0.25) is 0 Å². The topological polar surface area (TPSA) is 93.7 Å². The van der Waals surface area contributed by atoms with E-state index in [1.807, 2.05) is 25.1 Å². The van der Waals surface area contributed by atoms with E-state index in [4.69, 9.17) is 9.47 Å². The van der Waals surface area contributed by atoms with Crippen LogP contribution in [-0.2, 0) is 10.0 Å². The lowest BCUT2D eigenvalue weighted by atomic mass is 10.1. The average molecular weight is 447 g/mol. The number of hydrogen-bond acceptors (Lipinski definition) is 5. The lowest BCUT2D eigenvalue weighted by molar-refractivity contribution is 0.0940. The van der Waals surface area contributed by atoms with Crippen molar-refractivity contribution in [1.29, 1.82) is 0 Å². The molecule has 0 spiro atoms. The number of benzene rings is 2. The van der Waals surface area contributed by atoms with Gasteiger partial charge in [-0.2, -0.15) is 0 Å². The summed E-state index contributed by atoms with van der Waals surface area (Å²) in [5.41, 5.74) is 2.37. The monoisotopic (exact) mass is 446 g/mol. The number of carbonyl (C=O) groups excluding carboxylic acids is 1. The van der Waals surface area contributed by atoms with E-state index in [1.54, 1.807) is 26.2 Å². The quantitative estimate of drug-likeness (QED) is 0.634. The van der Waals surface area contributed by atoms with Crippen LogP contribution >= 0.6 is 0 Å². The Morgan fingerprint density at radius 2 is 1.81 bits per heavy atom. The van der Waals surface area contributed by atoms with Crippen molar-refractivity contribution in [1.82, 2.24) is 5.32 Å². The summed E-state index contributed by atoms with van der Waals surface area (Å²) in [5, 5.41) is 2.95. The van der Waals surface area contributed by atoms with Crippen LogP contribution < -0.4 is 19.5 Å². The Bertz CT molecular complexity index is 1050. The second-order valence-corrected chi connectivity index (χ2v) is 9.78. The minimum absolute atomic E-state index is 0.230. The number of methoxy groups -OCH3 is 1. The van der Waals surface area contributed by atoms with Gasteiger partial charge in [0.05, 0.1) is 31.2 Å². The molecule has 2 N–H and O–H groups in total. The summed E-state index contributed by atoms with van der Waals surface area (Å²) in [7, 11) is -1.83. The second-order valence-electron chi connectivity index (χ2n) is 8.03. The molecule has 1 aliphatic carbocycles. The van der Waals surface area contributed by atoms with Gasteiger partial charge in [-0.05, 0) is 74.9 Å². The van der Waals surface area contributed by atoms with Crippen LogP contribution in [0.3, 0.4) is 0 Å². The van der Waals surface area contributed by atoms with Gasteiger partial charge in [0, 0.05) is 5.56 Å². The second kappa shape index (κ2) is 9.60. The first-order valence-electron chi connectivity index (χ1n) is 10.4. The van der Waals surface area contributed by atoms with Crippen molar-refractivity contribution in [3.05, 3.63) is 53.1 Å². The fourth-order valence-corrected chi connectivity index (χ4v) is 4.29. The van der Waals surface area contributed by atoms with Crippen molar-refractivity contribution in [2.45, 2.75) is 51.7 Å². The molecular weight excluding hydrogens is 416 g/mol. The lowest BCUT2D eigenvalue weighted by Crippen LogP contribution is -2.27. The summed E-state index contributed by atoms with van der Waals surface area (Å²) in [6.45, 7) is 3.66. The highest BCUT2D eigenvalue weighted by Crippen LogP contribution is 2.33. The molecule has 0 saturated heterocycles. The minimum atomic E-state index is -3.44. The zero-order valence-electron chi connectivity index (χ0n) is 18.4. The van der Waals surface area contributed by atoms with E-state index >= 15 is 0 Å².